The molecule has 0 bridgehead atoms. The van der Waals surface area contributed by atoms with Crippen molar-refractivity contribution in [2.45, 2.75) is 80.6 Å². The first-order valence-electron chi connectivity index (χ1n) is 18.0. The Kier molecular flexibility index (Phi) is 10.7. The fraction of sp³-hybridized carbons (Fsp3) is 0.289. The summed E-state index contributed by atoms with van der Waals surface area (Å²) in [7, 11) is 0. The van der Waals surface area contributed by atoms with E-state index in [9.17, 15) is 0 Å². The van der Waals surface area contributed by atoms with E-state index < -0.39 is 0 Å². The minimum atomic E-state index is 0. The summed E-state index contributed by atoms with van der Waals surface area (Å²) < 4.78 is 10.9. The number of aryl methyl sites for hydroxylation is 3. The topological polar surface area (TPSA) is 44.9 Å². The molecule has 262 valence electrons. The number of aromatic nitrogens is 4. The molecule has 0 aliphatic carbocycles. The van der Waals surface area contributed by atoms with E-state index in [1.54, 1.807) is 0 Å². The van der Waals surface area contributed by atoms with Crippen LogP contribution in [0.5, 0.6) is 11.5 Å². The first-order valence-corrected chi connectivity index (χ1v) is 18.0. The van der Waals surface area contributed by atoms with Gasteiger partial charge in [0.05, 0.1) is 5.69 Å². The standard InChI is InChI=1S/C45H46N4O.Pd/c1-9-33-14-13-15-34(10-2)45(33)44-30(7)47-49(31(44)8)36-24-35(29(5)6)25-38(26-36)50-37-18-19-40-39-16-11-12-17-41(39)48(42(40)27-37)43-23-32(20-21-46-43)22-28(3)4;/h11-21,23-25,28-29H,9-10,22H2,1-8H3;/q-2;+2. The third-order valence-electron chi connectivity index (χ3n) is 9.75. The predicted molar refractivity (Wildman–Crippen MR) is 206 cm³/mol. The van der Waals surface area contributed by atoms with Crippen LogP contribution in [0.2, 0.25) is 0 Å². The molecule has 0 spiro atoms. The number of hydrogen-bond donors (Lipinski definition) is 0. The van der Waals surface area contributed by atoms with Gasteiger partial charge in [-0.1, -0.05) is 83.5 Å². The molecule has 0 saturated carbocycles. The zero-order valence-corrected chi connectivity index (χ0v) is 32.4. The van der Waals surface area contributed by atoms with Crippen LogP contribution < -0.4 is 4.74 Å². The molecular weight excluding hydrogens is 719 g/mol. The number of rotatable bonds is 10. The largest absolute Gasteiger partial charge is 2.00 e. The molecule has 0 aliphatic rings. The van der Waals surface area contributed by atoms with E-state index in [2.05, 4.69) is 145 Å². The summed E-state index contributed by atoms with van der Waals surface area (Å²) in [5, 5.41) is 7.37. The molecule has 0 radical (unpaired) electrons. The van der Waals surface area contributed by atoms with E-state index in [-0.39, 0.29) is 26.3 Å². The number of hydrogen-bond acceptors (Lipinski definition) is 3. The van der Waals surface area contributed by atoms with Crippen molar-refractivity contribution in [3.63, 3.8) is 0 Å². The summed E-state index contributed by atoms with van der Waals surface area (Å²) >= 11 is 0. The SMILES string of the molecule is CCc1cccc(CC)c1-c1c(C)nn(-c2[c-]c(Oc3[c-]c4c(cc3)c3ccccc3n4-c3cc(CC(C)C)ccn3)cc(C(C)C)c2)c1C.[Pd+2]. The van der Waals surface area contributed by atoms with Gasteiger partial charge in [0.25, 0.3) is 0 Å². The molecule has 51 heavy (non-hydrogen) atoms. The number of pyridine rings is 1. The molecule has 7 rings (SSSR count). The quantitative estimate of drug-likeness (QED) is 0.103. The molecule has 7 aromatic rings. The van der Waals surface area contributed by atoms with E-state index in [0.29, 0.717) is 17.4 Å². The van der Waals surface area contributed by atoms with Gasteiger partial charge in [0, 0.05) is 34.5 Å². The van der Waals surface area contributed by atoms with Crippen molar-refractivity contribution < 1.29 is 25.2 Å². The first-order chi connectivity index (χ1) is 24.2. The Labute approximate surface area is 316 Å². The summed E-state index contributed by atoms with van der Waals surface area (Å²) in [6, 6.07) is 35.1. The minimum Gasteiger partial charge on any atom is -0.509 e. The number of nitrogens with zero attached hydrogens (tertiary/aromatic N) is 4. The second kappa shape index (κ2) is 15.0. The molecular formula is C45H46N4OPd. The monoisotopic (exact) mass is 764 g/mol. The fourth-order valence-corrected chi connectivity index (χ4v) is 7.33. The molecule has 0 fully saturated rings. The second-order valence-electron chi connectivity index (χ2n) is 14.1. The van der Waals surface area contributed by atoms with Gasteiger partial charge in [0.2, 0.25) is 0 Å². The van der Waals surface area contributed by atoms with Crippen molar-refractivity contribution >= 4 is 21.8 Å². The Morgan fingerprint density at radius 3 is 2.22 bits per heavy atom. The van der Waals surface area contributed by atoms with Gasteiger partial charge >= 0.3 is 20.4 Å². The molecule has 3 aromatic heterocycles. The van der Waals surface area contributed by atoms with E-state index in [0.717, 1.165) is 69.5 Å². The number of fused-ring (bicyclic) bond motifs is 3. The third kappa shape index (κ3) is 6.93. The number of para-hydroxylation sites is 1. The fourth-order valence-electron chi connectivity index (χ4n) is 7.33. The Morgan fingerprint density at radius 1 is 0.765 bits per heavy atom. The van der Waals surface area contributed by atoms with Crippen LogP contribution in [0.1, 0.15) is 81.1 Å². The van der Waals surface area contributed by atoms with Crippen LogP contribution >= 0.6 is 0 Å². The summed E-state index contributed by atoms with van der Waals surface area (Å²) in [5.41, 5.74) is 12.7. The van der Waals surface area contributed by atoms with Crippen molar-refractivity contribution in [2.24, 2.45) is 5.92 Å². The Bertz CT molecular complexity index is 2320. The van der Waals surface area contributed by atoms with Crippen molar-refractivity contribution in [3.8, 4) is 34.1 Å². The van der Waals surface area contributed by atoms with Gasteiger partial charge < -0.3 is 9.30 Å². The molecule has 0 aliphatic heterocycles. The van der Waals surface area contributed by atoms with Gasteiger partial charge in [-0.05, 0) is 96.5 Å². The van der Waals surface area contributed by atoms with Crippen molar-refractivity contribution in [2.75, 3.05) is 0 Å². The summed E-state index contributed by atoms with van der Waals surface area (Å²) in [4.78, 5) is 4.83. The van der Waals surface area contributed by atoms with Crippen LogP contribution in [0.15, 0.2) is 85.1 Å². The van der Waals surface area contributed by atoms with E-state index >= 15 is 0 Å². The van der Waals surface area contributed by atoms with Gasteiger partial charge in [0.1, 0.15) is 5.82 Å². The zero-order chi connectivity index (χ0) is 35.1. The van der Waals surface area contributed by atoms with Gasteiger partial charge in [-0.25, -0.2) is 4.98 Å². The molecule has 0 saturated heterocycles. The van der Waals surface area contributed by atoms with Crippen LogP contribution in [-0.4, -0.2) is 19.3 Å². The smallest absolute Gasteiger partial charge is 0.509 e. The first kappa shape index (κ1) is 36.3. The van der Waals surface area contributed by atoms with Crippen molar-refractivity contribution in [1.29, 1.82) is 0 Å². The average molecular weight is 765 g/mol. The predicted octanol–water partition coefficient (Wildman–Crippen LogP) is 11.5. The maximum absolute atomic E-state index is 6.65. The molecule has 6 heteroatoms. The van der Waals surface area contributed by atoms with E-state index in [4.69, 9.17) is 14.8 Å². The zero-order valence-electron chi connectivity index (χ0n) is 30.9. The van der Waals surface area contributed by atoms with Crippen molar-refractivity contribution in [3.05, 3.63) is 131 Å². The van der Waals surface area contributed by atoms with Crippen LogP contribution in [0, 0.1) is 31.9 Å². The van der Waals surface area contributed by atoms with Crippen LogP contribution in [0.4, 0.5) is 0 Å². The van der Waals surface area contributed by atoms with E-state index in [1.165, 1.54) is 27.8 Å². The van der Waals surface area contributed by atoms with Gasteiger partial charge in [0.15, 0.2) is 0 Å². The molecule has 3 heterocycles. The van der Waals surface area contributed by atoms with E-state index in [1.807, 2.05) is 16.9 Å². The van der Waals surface area contributed by atoms with Crippen LogP contribution in [0.25, 0.3) is 44.4 Å². The summed E-state index contributed by atoms with van der Waals surface area (Å²) in [6.45, 7) is 17.6. The second-order valence-corrected chi connectivity index (χ2v) is 14.1. The molecule has 0 unspecified atom stereocenters. The molecule has 5 nitrogen and oxygen atoms in total. The Balaban J connectivity index is 0.00000448. The summed E-state index contributed by atoms with van der Waals surface area (Å²) in [6.07, 6.45) is 4.85. The Morgan fingerprint density at radius 2 is 1.51 bits per heavy atom. The van der Waals surface area contributed by atoms with Crippen molar-refractivity contribution in [1.82, 2.24) is 19.3 Å². The number of benzene rings is 4. The molecule has 4 aromatic carbocycles. The Hall–Kier alpha value is -4.50. The normalized spacial score (nSPS) is 11.6. The maximum atomic E-state index is 6.65. The molecule has 0 amide bonds. The average Bonchev–Trinajstić information content (AvgIpc) is 3.59. The van der Waals surface area contributed by atoms with Crippen LogP contribution in [-0.2, 0) is 39.7 Å². The molecule has 0 N–H and O–H groups in total. The van der Waals surface area contributed by atoms with Gasteiger partial charge in [-0.2, -0.15) is 11.2 Å². The number of ether oxygens (including phenoxy) is 1. The maximum Gasteiger partial charge on any atom is 2.00 e. The molecule has 0 atom stereocenters. The third-order valence-corrected chi connectivity index (χ3v) is 9.75. The van der Waals surface area contributed by atoms with Gasteiger partial charge in [-0.3, -0.25) is 4.68 Å². The van der Waals surface area contributed by atoms with Gasteiger partial charge in [-0.15, -0.1) is 41.3 Å². The minimum absolute atomic E-state index is 0. The summed E-state index contributed by atoms with van der Waals surface area (Å²) in [5.74, 6) is 2.99. The van der Waals surface area contributed by atoms with Crippen LogP contribution in [0.3, 0.4) is 0 Å².